The highest BCUT2D eigenvalue weighted by molar-refractivity contribution is 5.78. The molecule has 3 heteroatoms. The summed E-state index contributed by atoms with van der Waals surface area (Å²) in [5.41, 5.74) is 9.67. The van der Waals surface area contributed by atoms with Gasteiger partial charge in [0, 0.05) is 11.3 Å². The molecule has 0 saturated heterocycles. The van der Waals surface area contributed by atoms with E-state index in [-0.39, 0.29) is 6.42 Å². The van der Waals surface area contributed by atoms with Crippen molar-refractivity contribution in [3.8, 4) is 11.1 Å². The number of hydrogen-bond acceptors (Lipinski definition) is 2. The van der Waals surface area contributed by atoms with E-state index in [1.54, 1.807) is 12.2 Å². The van der Waals surface area contributed by atoms with Crippen molar-refractivity contribution >= 4 is 17.7 Å². The van der Waals surface area contributed by atoms with Crippen LogP contribution in [0.3, 0.4) is 0 Å². The van der Waals surface area contributed by atoms with E-state index >= 15 is 0 Å². The van der Waals surface area contributed by atoms with Crippen molar-refractivity contribution in [1.29, 1.82) is 0 Å². The lowest BCUT2D eigenvalue weighted by molar-refractivity contribution is -0.135. The predicted octanol–water partition coefficient (Wildman–Crippen LogP) is 3.42. The average Bonchev–Trinajstić information content (AvgIpc) is 2.39. The van der Waals surface area contributed by atoms with E-state index < -0.39 is 5.97 Å². The van der Waals surface area contributed by atoms with E-state index in [9.17, 15) is 4.79 Å². The molecule has 0 aromatic heterocycles. The molecule has 0 saturated carbocycles. The van der Waals surface area contributed by atoms with E-state index in [1.807, 2.05) is 48.5 Å². The van der Waals surface area contributed by atoms with Gasteiger partial charge in [-0.2, -0.15) is 0 Å². The molecule has 0 unspecified atom stereocenters. The van der Waals surface area contributed by atoms with Gasteiger partial charge < -0.3 is 10.8 Å². The van der Waals surface area contributed by atoms with Crippen molar-refractivity contribution in [2.24, 2.45) is 0 Å². The molecule has 0 fully saturated rings. The smallest absolute Gasteiger partial charge is 0.307 e. The Morgan fingerprint density at radius 3 is 2.53 bits per heavy atom. The molecule has 96 valence electrons. The van der Waals surface area contributed by atoms with Crippen molar-refractivity contribution in [3.05, 3.63) is 60.2 Å². The van der Waals surface area contributed by atoms with Gasteiger partial charge in [-0.05, 0) is 17.2 Å². The minimum Gasteiger partial charge on any atom is -0.481 e. The summed E-state index contributed by atoms with van der Waals surface area (Å²) in [7, 11) is 0. The maximum absolute atomic E-state index is 10.4. The van der Waals surface area contributed by atoms with Gasteiger partial charge in [-0.25, -0.2) is 0 Å². The van der Waals surface area contributed by atoms with Crippen molar-refractivity contribution in [2.75, 3.05) is 5.73 Å². The van der Waals surface area contributed by atoms with Gasteiger partial charge in [-0.15, -0.1) is 0 Å². The number of aliphatic carboxylic acids is 1. The topological polar surface area (TPSA) is 63.3 Å². The van der Waals surface area contributed by atoms with Gasteiger partial charge in [-0.3, -0.25) is 4.79 Å². The van der Waals surface area contributed by atoms with Crippen LogP contribution >= 0.6 is 0 Å². The van der Waals surface area contributed by atoms with Crippen LogP contribution < -0.4 is 5.73 Å². The van der Waals surface area contributed by atoms with Crippen molar-refractivity contribution < 1.29 is 9.90 Å². The highest BCUT2D eigenvalue weighted by Gasteiger charge is 2.02. The van der Waals surface area contributed by atoms with E-state index in [4.69, 9.17) is 10.8 Å². The average molecular weight is 253 g/mol. The predicted molar refractivity (Wildman–Crippen MR) is 77.6 cm³/mol. The van der Waals surface area contributed by atoms with Gasteiger partial charge in [0.15, 0.2) is 0 Å². The second kappa shape index (κ2) is 5.87. The molecule has 0 spiro atoms. The van der Waals surface area contributed by atoms with Crippen LogP contribution in [-0.4, -0.2) is 11.1 Å². The Hall–Kier alpha value is -2.55. The van der Waals surface area contributed by atoms with E-state index in [0.717, 1.165) is 16.7 Å². The highest BCUT2D eigenvalue weighted by atomic mass is 16.4. The largest absolute Gasteiger partial charge is 0.481 e. The molecule has 3 nitrogen and oxygen atoms in total. The number of rotatable bonds is 4. The fraction of sp³-hybridized carbons (Fsp3) is 0.0625. The second-order valence-corrected chi connectivity index (χ2v) is 4.21. The second-order valence-electron chi connectivity index (χ2n) is 4.21. The number of carbonyl (C=O) groups is 1. The molecule has 0 aliphatic heterocycles. The Labute approximate surface area is 112 Å². The Balaban J connectivity index is 2.23. The third-order valence-corrected chi connectivity index (χ3v) is 2.76. The summed E-state index contributed by atoms with van der Waals surface area (Å²) in [5.74, 6) is -0.842. The number of carboxylic acids is 1. The number of nitrogens with two attached hydrogens (primary N) is 1. The van der Waals surface area contributed by atoms with Crippen LogP contribution in [0.4, 0.5) is 5.69 Å². The number of nitrogen functional groups attached to an aromatic ring is 1. The summed E-state index contributed by atoms with van der Waals surface area (Å²) in [6, 6.07) is 15.6. The first-order chi connectivity index (χ1) is 9.16. The third-order valence-electron chi connectivity index (χ3n) is 2.76. The lowest BCUT2D eigenvalue weighted by atomic mass is 10.0. The minimum atomic E-state index is -0.842. The molecule has 0 radical (unpaired) electrons. The maximum atomic E-state index is 10.4. The number of anilines is 1. The fourth-order valence-electron chi connectivity index (χ4n) is 1.86. The first kappa shape index (κ1) is 12.9. The molecule has 0 atom stereocenters. The first-order valence-electron chi connectivity index (χ1n) is 6.00. The number of hydrogen-bond donors (Lipinski definition) is 2. The molecule has 3 N–H and O–H groups in total. The maximum Gasteiger partial charge on any atom is 0.307 e. The SMILES string of the molecule is Nc1cc(C=CCC(=O)O)ccc1-c1ccccc1. The van der Waals surface area contributed by atoms with Gasteiger partial charge in [0.1, 0.15) is 0 Å². The molecule has 0 aliphatic carbocycles. The molecule has 0 amide bonds. The van der Waals surface area contributed by atoms with Crippen LogP contribution in [0.1, 0.15) is 12.0 Å². The minimum absolute atomic E-state index is 0.0142. The molecule has 2 rings (SSSR count). The number of carboxylic acid groups (broad SMARTS) is 1. The van der Waals surface area contributed by atoms with Crippen LogP contribution in [0.25, 0.3) is 17.2 Å². The molecular formula is C16H15NO2. The highest BCUT2D eigenvalue weighted by Crippen LogP contribution is 2.26. The Kier molecular flexibility index (Phi) is 3.98. The molecule has 2 aromatic rings. The van der Waals surface area contributed by atoms with Crippen LogP contribution in [0.15, 0.2) is 54.6 Å². The molecule has 0 bridgehead atoms. The van der Waals surface area contributed by atoms with Gasteiger partial charge in [-0.1, -0.05) is 54.6 Å². The van der Waals surface area contributed by atoms with Crippen LogP contribution in [-0.2, 0) is 4.79 Å². The van der Waals surface area contributed by atoms with Crippen molar-refractivity contribution in [3.63, 3.8) is 0 Å². The molecule has 19 heavy (non-hydrogen) atoms. The number of benzene rings is 2. The van der Waals surface area contributed by atoms with E-state index in [1.165, 1.54) is 0 Å². The first-order valence-corrected chi connectivity index (χ1v) is 6.00. The standard InChI is InChI=1S/C16H15NO2/c17-15-11-12(5-4-8-16(18)19)9-10-14(15)13-6-2-1-3-7-13/h1-7,9-11H,8,17H2,(H,18,19). The molecular weight excluding hydrogens is 238 g/mol. The van der Waals surface area contributed by atoms with Crippen molar-refractivity contribution in [1.82, 2.24) is 0 Å². The fourth-order valence-corrected chi connectivity index (χ4v) is 1.86. The summed E-state index contributed by atoms with van der Waals surface area (Å²) >= 11 is 0. The van der Waals surface area contributed by atoms with Crippen LogP contribution in [0.2, 0.25) is 0 Å². The van der Waals surface area contributed by atoms with Gasteiger partial charge in [0.05, 0.1) is 6.42 Å². The summed E-state index contributed by atoms with van der Waals surface area (Å²) in [6.45, 7) is 0. The van der Waals surface area contributed by atoms with Crippen LogP contribution in [0, 0.1) is 0 Å². The zero-order valence-electron chi connectivity index (χ0n) is 10.4. The zero-order valence-corrected chi connectivity index (χ0v) is 10.4. The Bertz CT molecular complexity index is 603. The van der Waals surface area contributed by atoms with Gasteiger partial charge in [0.2, 0.25) is 0 Å². The molecule has 2 aromatic carbocycles. The summed E-state index contributed by atoms with van der Waals surface area (Å²) in [6.07, 6.45) is 3.39. The normalized spacial score (nSPS) is 10.7. The third kappa shape index (κ3) is 3.45. The zero-order chi connectivity index (χ0) is 13.7. The Morgan fingerprint density at radius 2 is 1.89 bits per heavy atom. The summed E-state index contributed by atoms with van der Waals surface area (Å²) < 4.78 is 0. The quantitative estimate of drug-likeness (QED) is 0.820. The van der Waals surface area contributed by atoms with Gasteiger partial charge >= 0.3 is 5.97 Å². The summed E-state index contributed by atoms with van der Waals surface area (Å²) in [4.78, 5) is 10.4. The van der Waals surface area contributed by atoms with Crippen molar-refractivity contribution in [2.45, 2.75) is 6.42 Å². The molecule has 0 heterocycles. The Morgan fingerprint density at radius 1 is 1.16 bits per heavy atom. The van der Waals surface area contributed by atoms with E-state index in [0.29, 0.717) is 5.69 Å². The summed E-state index contributed by atoms with van der Waals surface area (Å²) in [5, 5.41) is 8.56. The molecule has 0 aliphatic rings. The van der Waals surface area contributed by atoms with Gasteiger partial charge in [0.25, 0.3) is 0 Å². The lowest BCUT2D eigenvalue weighted by Crippen LogP contribution is -1.91. The lowest BCUT2D eigenvalue weighted by Gasteiger charge is -2.06. The van der Waals surface area contributed by atoms with Crippen LogP contribution in [0.5, 0.6) is 0 Å². The van der Waals surface area contributed by atoms with E-state index in [2.05, 4.69) is 0 Å². The monoisotopic (exact) mass is 253 g/mol.